The number of nitrogens with zero attached hydrogens (tertiary/aromatic N) is 2. The third-order valence-electron chi connectivity index (χ3n) is 2.69. The Morgan fingerprint density at radius 3 is 3.06 bits per heavy atom. The first-order valence-electron chi connectivity index (χ1n) is 5.54. The van der Waals surface area contributed by atoms with Crippen LogP contribution in [0.2, 0.25) is 0 Å². The van der Waals surface area contributed by atoms with E-state index in [9.17, 15) is 4.79 Å². The number of nitrogens with one attached hydrogen (secondary N) is 1. The molecule has 3 N–H and O–H groups in total. The standard InChI is InChI=1S/C11H16N4OS/c1-8-7-15(4-5-17-8)11(16)9-2-3-10(14-12)13-6-9/h2-3,6,8H,4-5,7,12H2,1H3,(H,13,14). The van der Waals surface area contributed by atoms with E-state index < -0.39 is 0 Å². The van der Waals surface area contributed by atoms with Crippen LogP contribution in [0.4, 0.5) is 5.82 Å². The van der Waals surface area contributed by atoms with Gasteiger partial charge in [0, 0.05) is 30.3 Å². The van der Waals surface area contributed by atoms with Gasteiger partial charge in [0.05, 0.1) is 5.56 Å². The molecule has 1 aromatic heterocycles. The van der Waals surface area contributed by atoms with E-state index in [0.29, 0.717) is 16.6 Å². The molecule has 1 amide bonds. The minimum absolute atomic E-state index is 0.0493. The van der Waals surface area contributed by atoms with Crippen LogP contribution in [-0.4, -0.2) is 39.9 Å². The summed E-state index contributed by atoms with van der Waals surface area (Å²) in [4.78, 5) is 18.1. The monoisotopic (exact) mass is 252 g/mol. The number of rotatable bonds is 2. The third-order valence-corrected chi connectivity index (χ3v) is 3.82. The quantitative estimate of drug-likeness (QED) is 0.605. The Labute approximate surface area is 105 Å². The summed E-state index contributed by atoms with van der Waals surface area (Å²) in [6.07, 6.45) is 1.56. The molecule has 6 heteroatoms. The molecule has 17 heavy (non-hydrogen) atoms. The van der Waals surface area contributed by atoms with Gasteiger partial charge in [0.25, 0.3) is 5.91 Å². The summed E-state index contributed by atoms with van der Waals surface area (Å²) in [5.74, 6) is 6.84. The average molecular weight is 252 g/mol. The van der Waals surface area contributed by atoms with Gasteiger partial charge in [-0.1, -0.05) is 6.92 Å². The van der Waals surface area contributed by atoms with E-state index in [0.717, 1.165) is 18.8 Å². The lowest BCUT2D eigenvalue weighted by Crippen LogP contribution is -2.41. The van der Waals surface area contributed by atoms with Crippen molar-refractivity contribution >= 4 is 23.5 Å². The van der Waals surface area contributed by atoms with Crippen LogP contribution in [0.15, 0.2) is 18.3 Å². The topological polar surface area (TPSA) is 71.2 Å². The van der Waals surface area contributed by atoms with Crippen molar-refractivity contribution in [1.29, 1.82) is 0 Å². The lowest BCUT2D eigenvalue weighted by atomic mass is 10.2. The molecule has 1 aliphatic rings. The van der Waals surface area contributed by atoms with Gasteiger partial charge in [0.2, 0.25) is 0 Å². The van der Waals surface area contributed by atoms with Crippen LogP contribution in [0.25, 0.3) is 0 Å². The van der Waals surface area contributed by atoms with E-state index in [-0.39, 0.29) is 5.91 Å². The van der Waals surface area contributed by atoms with Crippen LogP contribution < -0.4 is 11.3 Å². The summed E-state index contributed by atoms with van der Waals surface area (Å²) in [6.45, 7) is 3.76. The van der Waals surface area contributed by atoms with Crippen molar-refractivity contribution in [1.82, 2.24) is 9.88 Å². The molecule has 0 saturated carbocycles. The minimum Gasteiger partial charge on any atom is -0.337 e. The number of amides is 1. The number of nitrogen functional groups attached to an aromatic ring is 1. The van der Waals surface area contributed by atoms with Gasteiger partial charge in [-0.15, -0.1) is 0 Å². The van der Waals surface area contributed by atoms with E-state index in [1.807, 2.05) is 16.7 Å². The van der Waals surface area contributed by atoms with Crippen LogP contribution in [0.3, 0.4) is 0 Å². The van der Waals surface area contributed by atoms with Crippen molar-refractivity contribution in [2.45, 2.75) is 12.2 Å². The number of hydrogen-bond donors (Lipinski definition) is 2. The molecule has 1 unspecified atom stereocenters. The normalized spacial score (nSPS) is 20.1. The summed E-state index contributed by atoms with van der Waals surface area (Å²) in [5, 5.41) is 0.505. The number of nitrogens with two attached hydrogens (primary N) is 1. The highest BCUT2D eigenvalue weighted by atomic mass is 32.2. The number of thioether (sulfide) groups is 1. The number of anilines is 1. The second kappa shape index (κ2) is 5.37. The molecule has 1 fully saturated rings. The zero-order chi connectivity index (χ0) is 12.3. The van der Waals surface area contributed by atoms with Crippen molar-refractivity contribution in [3.63, 3.8) is 0 Å². The van der Waals surface area contributed by atoms with Crippen LogP contribution in [-0.2, 0) is 0 Å². The maximum absolute atomic E-state index is 12.2. The molecule has 2 heterocycles. The number of pyridine rings is 1. The third kappa shape index (κ3) is 2.89. The summed E-state index contributed by atoms with van der Waals surface area (Å²) in [5.41, 5.74) is 3.05. The molecule has 0 bridgehead atoms. The second-order valence-corrected chi connectivity index (χ2v) is 5.56. The van der Waals surface area contributed by atoms with E-state index in [1.165, 1.54) is 0 Å². The van der Waals surface area contributed by atoms with Crippen molar-refractivity contribution in [2.24, 2.45) is 5.84 Å². The number of hydrogen-bond acceptors (Lipinski definition) is 5. The maximum Gasteiger partial charge on any atom is 0.255 e. The fraction of sp³-hybridized carbons (Fsp3) is 0.455. The van der Waals surface area contributed by atoms with Gasteiger partial charge in [-0.05, 0) is 12.1 Å². The Kier molecular flexibility index (Phi) is 3.86. The molecule has 0 aromatic carbocycles. The van der Waals surface area contributed by atoms with Crippen molar-refractivity contribution in [2.75, 3.05) is 24.3 Å². The van der Waals surface area contributed by atoms with E-state index in [4.69, 9.17) is 5.84 Å². The Hall–Kier alpha value is -1.27. The Balaban J connectivity index is 2.07. The van der Waals surface area contributed by atoms with E-state index in [1.54, 1.807) is 18.3 Å². The fourth-order valence-corrected chi connectivity index (χ4v) is 2.80. The van der Waals surface area contributed by atoms with Crippen LogP contribution in [0.1, 0.15) is 17.3 Å². The molecule has 1 aromatic rings. The first kappa shape index (κ1) is 12.2. The number of carbonyl (C=O) groups excluding carboxylic acids is 1. The number of carbonyl (C=O) groups is 1. The Morgan fingerprint density at radius 2 is 2.47 bits per heavy atom. The fourth-order valence-electron chi connectivity index (χ4n) is 1.79. The predicted octanol–water partition coefficient (Wildman–Crippen LogP) is 0.945. The van der Waals surface area contributed by atoms with Gasteiger partial charge >= 0.3 is 0 Å². The Bertz CT molecular complexity index is 395. The molecule has 0 radical (unpaired) electrons. The largest absolute Gasteiger partial charge is 0.337 e. The lowest BCUT2D eigenvalue weighted by Gasteiger charge is -2.30. The molecule has 92 valence electrons. The van der Waals surface area contributed by atoms with Gasteiger partial charge in [-0.25, -0.2) is 10.8 Å². The summed E-state index contributed by atoms with van der Waals surface area (Å²) < 4.78 is 0. The molecular weight excluding hydrogens is 236 g/mol. The molecule has 5 nitrogen and oxygen atoms in total. The predicted molar refractivity (Wildman–Crippen MR) is 69.9 cm³/mol. The van der Waals surface area contributed by atoms with E-state index >= 15 is 0 Å². The average Bonchev–Trinajstić information content (AvgIpc) is 2.38. The van der Waals surface area contributed by atoms with Crippen LogP contribution in [0.5, 0.6) is 0 Å². The van der Waals surface area contributed by atoms with Crippen molar-refractivity contribution < 1.29 is 4.79 Å². The highest BCUT2D eigenvalue weighted by Crippen LogP contribution is 2.19. The van der Waals surface area contributed by atoms with Gasteiger partial charge in [0.15, 0.2) is 0 Å². The minimum atomic E-state index is 0.0493. The Morgan fingerprint density at radius 1 is 1.65 bits per heavy atom. The molecule has 0 spiro atoms. The van der Waals surface area contributed by atoms with Crippen molar-refractivity contribution in [3.8, 4) is 0 Å². The maximum atomic E-state index is 12.2. The molecule has 1 saturated heterocycles. The van der Waals surface area contributed by atoms with Gasteiger partial charge in [-0.3, -0.25) is 4.79 Å². The zero-order valence-electron chi connectivity index (χ0n) is 9.72. The van der Waals surface area contributed by atoms with Crippen LogP contribution in [0, 0.1) is 0 Å². The second-order valence-electron chi connectivity index (χ2n) is 4.01. The summed E-state index contributed by atoms with van der Waals surface area (Å²) >= 11 is 1.90. The molecule has 1 aliphatic heterocycles. The van der Waals surface area contributed by atoms with Crippen molar-refractivity contribution in [3.05, 3.63) is 23.9 Å². The summed E-state index contributed by atoms with van der Waals surface area (Å²) in [7, 11) is 0. The number of hydrazine groups is 1. The number of aromatic nitrogens is 1. The highest BCUT2D eigenvalue weighted by molar-refractivity contribution is 7.99. The first-order valence-corrected chi connectivity index (χ1v) is 6.59. The molecule has 0 aliphatic carbocycles. The lowest BCUT2D eigenvalue weighted by molar-refractivity contribution is 0.0763. The van der Waals surface area contributed by atoms with Gasteiger partial charge in [-0.2, -0.15) is 11.8 Å². The molecule has 2 rings (SSSR count). The first-order chi connectivity index (χ1) is 8.20. The smallest absolute Gasteiger partial charge is 0.255 e. The van der Waals surface area contributed by atoms with Crippen LogP contribution >= 0.6 is 11.8 Å². The zero-order valence-corrected chi connectivity index (χ0v) is 10.5. The molecular formula is C11H16N4OS. The van der Waals surface area contributed by atoms with E-state index in [2.05, 4.69) is 17.3 Å². The van der Waals surface area contributed by atoms with Gasteiger partial charge < -0.3 is 10.3 Å². The summed E-state index contributed by atoms with van der Waals surface area (Å²) in [6, 6.07) is 3.45. The van der Waals surface area contributed by atoms with Gasteiger partial charge in [0.1, 0.15) is 5.82 Å². The molecule has 1 atom stereocenters. The highest BCUT2D eigenvalue weighted by Gasteiger charge is 2.22. The SMILES string of the molecule is CC1CN(C(=O)c2ccc(NN)nc2)CCS1.